The van der Waals surface area contributed by atoms with Gasteiger partial charge in [0.1, 0.15) is 0 Å². The lowest BCUT2D eigenvalue weighted by Crippen LogP contribution is -2.42. The average molecular weight is 216 g/mol. The van der Waals surface area contributed by atoms with E-state index in [2.05, 4.69) is 10.6 Å². The molecule has 1 aliphatic heterocycles. The van der Waals surface area contributed by atoms with Crippen LogP contribution < -0.4 is 10.6 Å². The molecule has 0 aromatic carbocycles. The Morgan fingerprint density at radius 1 is 1.47 bits per heavy atom. The molecular weight excluding hydrogens is 196 g/mol. The van der Waals surface area contributed by atoms with Crippen LogP contribution in [0, 0.1) is 0 Å². The summed E-state index contributed by atoms with van der Waals surface area (Å²) >= 11 is 0. The van der Waals surface area contributed by atoms with E-state index in [1.807, 2.05) is 13.8 Å². The summed E-state index contributed by atoms with van der Waals surface area (Å²) in [5, 5.41) is 5.85. The molecule has 1 aliphatic rings. The lowest BCUT2D eigenvalue weighted by atomic mass is 10.3. The molecule has 0 aliphatic carbocycles. The fourth-order valence-corrected chi connectivity index (χ4v) is 1.37. The number of hydrogen-bond acceptors (Lipinski definition) is 4. The van der Waals surface area contributed by atoms with E-state index in [0.29, 0.717) is 32.9 Å². The summed E-state index contributed by atoms with van der Waals surface area (Å²) < 4.78 is 10.7. The largest absolute Gasteiger partial charge is 0.376 e. The van der Waals surface area contributed by atoms with Gasteiger partial charge in [-0.2, -0.15) is 0 Å². The molecule has 0 aromatic heterocycles. The highest BCUT2D eigenvalue weighted by molar-refractivity contribution is 5.78. The number of amides is 1. The monoisotopic (exact) mass is 216 g/mol. The second-order valence-corrected chi connectivity index (χ2v) is 3.92. The van der Waals surface area contributed by atoms with Gasteiger partial charge in [-0.1, -0.05) is 0 Å². The first-order chi connectivity index (χ1) is 7.18. The van der Waals surface area contributed by atoms with Gasteiger partial charge in [0.2, 0.25) is 5.91 Å². The number of ether oxygens (including phenoxy) is 2. The number of hydrogen-bond donors (Lipinski definition) is 2. The van der Waals surface area contributed by atoms with E-state index in [9.17, 15) is 4.79 Å². The Hall–Kier alpha value is -0.650. The van der Waals surface area contributed by atoms with Crippen molar-refractivity contribution in [2.45, 2.75) is 26.0 Å². The van der Waals surface area contributed by atoms with E-state index in [0.717, 1.165) is 0 Å². The van der Waals surface area contributed by atoms with Gasteiger partial charge >= 0.3 is 0 Å². The number of nitrogens with one attached hydrogen (secondary N) is 2. The van der Waals surface area contributed by atoms with E-state index < -0.39 is 0 Å². The molecule has 0 saturated carbocycles. The quantitative estimate of drug-likeness (QED) is 0.651. The Kier molecular flexibility index (Phi) is 5.60. The van der Waals surface area contributed by atoms with Crippen molar-refractivity contribution in [1.29, 1.82) is 0 Å². The van der Waals surface area contributed by atoms with E-state index in [4.69, 9.17) is 9.47 Å². The van der Waals surface area contributed by atoms with Gasteiger partial charge in [0.15, 0.2) is 0 Å². The third-order valence-corrected chi connectivity index (χ3v) is 1.99. The molecule has 2 N–H and O–H groups in total. The molecule has 1 heterocycles. The van der Waals surface area contributed by atoms with Crippen LogP contribution in [-0.2, 0) is 14.3 Å². The molecule has 1 rings (SSSR count). The Morgan fingerprint density at radius 3 is 2.87 bits per heavy atom. The molecule has 5 nitrogen and oxygen atoms in total. The highest BCUT2D eigenvalue weighted by atomic mass is 16.6. The van der Waals surface area contributed by atoms with Crippen molar-refractivity contribution < 1.29 is 14.3 Å². The standard InChI is InChI=1S/C10H20N2O3/c1-8(2)12-10(13)6-11-5-9-7-14-3-4-15-9/h8-9,11H,3-7H2,1-2H3,(H,12,13). The fraction of sp³-hybridized carbons (Fsp3) is 0.900. The van der Waals surface area contributed by atoms with Crippen LogP contribution in [0.25, 0.3) is 0 Å². The SMILES string of the molecule is CC(C)NC(=O)CNCC1COCCO1. The van der Waals surface area contributed by atoms with Crippen LogP contribution in [-0.4, -0.2) is 51.0 Å². The van der Waals surface area contributed by atoms with Gasteiger partial charge < -0.3 is 20.1 Å². The van der Waals surface area contributed by atoms with Crippen molar-refractivity contribution in [2.24, 2.45) is 0 Å². The highest BCUT2D eigenvalue weighted by Gasteiger charge is 2.14. The van der Waals surface area contributed by atoms with Crippen LogP contribution >= 0.6 is 0 Å². The van der Waals surface area contributed by atoms with Gasteiger partial charge in [0.25, 0.3) is 0 Å². The van der Waals surface area contributed by atoms with Gasteiger partial charge in [-0.25, -0.2) is 0 Å². The number of carbonyl (C=O) groups excluding carboxylic acids is 1. The molecule has 1 atom stereocenters. The topological polar surface area (TPSA) is 59.6 Å². The molecule has 0 aromatic rings. The van der Waals surface area contributed by atoms with Gasteiger partial charge in [-0.3, -0.25) is 4.79 Å². The Labute approximate surface area is 90.5 Å². The van der Waals surface area contributed by atoms with Crippen molar-refractivity contribution in [2.75, 3.05) is 32.9 Å². The Morgan fingerprint density at radius 2 is 2.27 bits per heavy atom. The van der Waals surface area contributed by atoms with E-state index in [-0.39, 0.29) is 18.1 Å². The third kappa shape index (κ3) is 5.71. The summed E-state index contributed by atoms with van der Waals surface area (Å²) in [5.41, 5.74) is 0. The van der Waals surface area contributed by atoms with E-state index in [1.54, 1.807) is 0 Å². The molecule has 5 heteroatoms. The summed E-state index contributed by atoms with van der Waals surface area (Å²) in [7, 11) is 0. The van der Waals surface area contributed by atoms with Crippen molar-refractivity contribution in [1.82, 2.24) is 10.6 Å². The van der Waals surface area contributed by atoms with Crippen molar-refractivity contribution in [3.8, 4) is 0 Å². The predicted molar refractivity (Wildman–Crippen MR) is 56.7 cm³/mol. The number of rotatable bonds is 5. The average Bonchev–Trinajstić information content (AvgIpc) is 2.18. The Bertz CT molecular complexity index is 191. The lowest BCUT2D eigenvalue weighted by Gasteiger charge is -2.23. The molecule has 0 radical (unpaired) electrons. The van der Waals surface area contributed by atoms with Gasteiger partial charge in [0, 0.05) is 12.6 Å². The van der Waals surface area contributed by atoms with Crippen molar-refractivity contribution >= 4 is 5.91 Å². The second-order valence-electron chi connectivity index (χ2n) is 3.92. The molecule has 1 saturated heterocycles. The zero-order chi connectivity index (χ0) is 11.1. The summed E-state index contributed by atoms with van der Waals surface area (Å²) in [6.45, 7) is 6.79. The maximum atomic E-state index is 11.2. The van der Waals surface area contributed by atoms with Crippen LogP contribution in [0.4, 0.5) is 0 Å². The van der Waals surface area contributed by atoms with Crippen LogP contribution in [0.3, 0.4) is 0 Å². The first-order valence-corrected chi connectivity index (χ1v) is 5.38. The minimum absolute atomic E-state index is 0.0155. The van der Waals surface area contributed by atoms with Crippen molar-refractivity contribution in [3.05, 3.63) is 0 Å². The molecule has 1 fully saturated rings. The molecule has 0 spiro atoms. The van der Waals surface area contributed by atoms with Gasteiger partial charge in [-0.05, 0) is 13.8 Å². The molecule has 15 heavy (non-hydrogen) atoms. The van der Waals surface area contributed by atoms with Crippen LogP contribution in [0.15, 0.2) is 0 Å². The normalized spacial score (nSPS) is 21.7. The zero-order valence-electron chi connectivity index (χ0n) is 9.41. The summed E-state index contributed by atoms with van der Waals surface area (Å²) in [6, 6.07) is 0.188. The predicted octanol–water partition coefficient (Wildman–Crippen LogP) is -0.484. The molecule has 1 unspecified atom stereocenters. The third-order valence-electron chi connectivity index (χ3n) is 1.99. The molecule has 1 amide bonds. The first-order valence-electron chi connectivity index (χ1n) is 5.38. The first kappa shape index (κ1) is 12.4. The molecule has 0 bridgehead atoms. The second kappa shape index (κ2) is 6.76. The van der Waals surface area contributed by atoms with Crippen LogP contribution in [0.1, 0.15) is 13.8 Å². The summed E-state index contributed by atoms with van der Waals surface area (Å²) in [4.78, 5) is 11.2. The zero-order valence-corrected chi connectivity index (χ0v) is 9.41. The van der Waals surface area contributed by atoms with E-state index in [1.165, 1.54) is 0 Å². The van der Waals surface area contributed by atoms with Gasteiger partial charge in [-0.15, -0.1) is 0 Å². The fourth-order valence-electron chi connectivity index (χ4n) is 1.37. The minimum atomic E-state index is 0.0155. The summed E-state index contributed by atoms with van der Waals surface area (Å²) in [5.74, 6) is 0.0155. The summed E-state index contributed by atoms with van der Waals surface area (Å²) in [6.07, 6.45) is 0.0746. The number of carbonyl (C=O) groups is 1. The molecular formula is C10H20N2O3. The maximum absolute atomic E-state index is 11.2. The Balaban J connectivity index is 2.02. The van der Waals surface area contributed by atoms with Crippen molar-refractivity contribution in [3.63, 3.8) is 0 Å². The minimum Gasteiger partial charge on any atom is -0.376 e. The molecule has 88 valence electrons. The highest BCUT2D eigenvalue weighted by Crippen LogP contribution is 1.98. The maximum Gasteiger partial charge on any atom is 0.234 e. The van der Waals surface area contributed by atoms with E-state index >= 15 is 0 Å². The van der Waals surface area contributed by atoms with Crippen LogP contribution in [0.5, 0.6) is 0 Å². The lowest BCUT2D eigenvalue weighted by molar-refractivity contribution is -0.121. The van der Waals surface area contributed by atoms with Crippen LogP contribution in [0.2, 0.25) is 0 Å². The smallest absolute Gasteiger partial charge is 0.234 e. The van der Waals surface area contributed by atoms with Gasteiger partial charge in [0.05, 0.1) is 32.5 Å².